The summed E-state index contributed by atoms with van der Waals surface area (Å²) in [6, 6.07) is 0. The lowest BCUT2D eigenvalue weighted by atomic mass is 9.72. The molecule has 0 unspecified atom stereocenters. The SMILES string of the molecule is CN(CCN)Cc1cn(C)nc1[C@H]1CC[C@@]2(CC1)CC(C)(C)CO2. The summed E-state index contributed by atoms with van der Waals surface area (Å²) >= 11 is 0. The van der Waals surface area contributed by atoms with Gasteiger partial charge in [0.15, 0.2) is 0 Å². The summed E-state index contributed by atoms with van der Waals surface area (Å²) in [4.78, 5) is 2.29. The first-order valence-corrected chi connectivity index (χ1v) is 9.37. The van der Waals surface area contributed by atoms with E-state index in [4.69, 9.17) is 15.6 Å². The number of nitrogens with two attached hydrogens (primary N) is 1. The van der Waals surface area contributed by atoms with Crippen molar-refractivity contribution in [2.45, 2.75) is 64.0 Å². The van der Waals surface area contributed by atoms with Crippen LogP contribution in [0.25, 0.3) is 0 Å². The predicted molar refractivity (Wildman–Crippen MR) is 96.9 cm³/mol. The lowest BCUT2D eigenvalue weighted by Crippen LogP contribution is -2.34. The van der Waals surface area contributed by atoms with Crippen LogP contribution in [0.2, 0.25) is 0 Å². The van der Waals surface area contributed by atoms with Crippen molar-refractivity contribution in [3.05, 3.63) is 17.5 Å². The molecule has 5 heteroatoms. The highest BCUT2D eigenvalue weighted by atomic mass is 16.5. The van der Waals surface area contributed by atoms with Crippen LogP contribution < -0.4 is 5.73 Å². The average Bonchev–Trinajstić information content (AvgIpc) is 3.00. The van der Waals surface area contributed by atoms with Crippen LogP contribution in [0.4, 0.5) is 0 Å². The van der Waals surface area contributed by atoms with Gasteiger partial charge in [-0.1, -0.05) is 13.8 Å². The Bertz CT molecular complexity index is 558. The Morgan fingerprint density at radius 1 is 1.38 bits per heavy atom. The standard InChI is InChI=1S/C19H34N4O/c1-18(2)13-19(24-14-18)7-5-15(6-8-19)17-16(12-23(4)21-17)11-22(3)10-9-20/h12,15H,5-11,13-14,20H2,1-4H3/t15-,19+. The van der Waals surface area contributed by atoms with Crippen LogP contribution in [0, 0.1) is 5.41 Å². The lowest BCUT2D eigenvalue weighted by molar-refractivity contribution is -0.0296. The summed E-state index contributed by atoms with van der Waals surface area (Å²) in [5.74, 6) is 0.574. The summed E-state index contributed by atoms with van der Waals surface area (Å²) in [6.45, 7) is 8.13. The van der Waals surface area contributed by atoms with Crippen LogP contribution in [0.3, 0.4) is 0 Å². The molecule has 1 aliphatic heterocycles. The van der Waals surface area contributed by atoms with E-state index < -0.39 is 0 Å². The van der Waals surface area contributed by atoms with Crippen molar-refractivity contribution in [1.29, 1.82) is 0 Å². The van der Waals surface area contributed by atoms with Gasteiger partial charge in [-0.2, -0.15) is 5.10 Å². The number of likely N-dealkylation sites (N-methyl/N-ethyl adjacent to an activating group) is 1. The van der Waals surface area contributed by atoms with Crippen molar-refractivity contribution in [2.75, 3.05) is 26.7 Å². The second-order valence-corrected chi connectivity index (χ2v) is 8.83. The Hall–Kier alpha value is -0.910. The maximum absolute atomic E-state index is 6.27. The number of aryl methyl sites for hydroxylation is 1. The Labute approximate surface area is 146 Å². The van der Waals surface area contributed by atoms with Gasteiger partial charge in [-0.15, -0.1) is 0 Å². The molecular formula is C19H34N4O. The van der Waals surface area contributed by atoms with Crippen LogP contribution in [-0.2, 0) is 18.3 Å². The molecule has 24 heavy (non-hydrogen) atoms. The summed E-state index contributed by atoms with van der Waals surface area (Å²) in [7, 11) is 4.16. The Kier molecular flexibility index (Phi) is 5.05. The van der Waals surface area contributed by atoms with Crippen molar-refractivity contribution in [2.24, 2.45) is 18.2 Å². The molecule has 1 saturated carbocycles. The second kappa shape index (κ2) is 6.77. The van der Waals surface area contributed by atoms with Crippen LogP contribution in [0.5, 0.6) is 0 Å². The summed E-state index contributed by atoms with van der Waals surface area (Å²) in [5, 5.41) is 4.81. The van der Waals surface area contributed by atoms with Gasteiger partial charge in [0.05, 0.1) is 17.9 Å². The zero-order valence-electron chi connectivity index (χ0n) is 15.8. The molecule has 1 aromatic rings. The quantitative estimate of drug-likeness (QED) is 0.899. The molecule has 3 rings (SSSR count). The molecular weight excluding hydrogens is 300 g/mol. The maximum atomic E-state index is 6.27. The van der Waals surface area contributed by atoms with Crippen molar-refractivity contribution in [3.8, 4) is 0 Å². The van der Waals surface area contributed by atoms with E-state index in [0.29, 0.717) is 17.9 Å². The molecule has 2 aliphatic rings. The Balaban J connectivity index is 1.66. The smallest absolute Gasteiger partial charge is 0.0700 e. The monoisotopic (exact) mass is 334 g/mol. The molecule has 5 nitrogen and oxygen atoms in total. The van der Waals surface area contributed by atoms with Gasteiger partial charge in [0.2, 0.25) is 0 Å². The molecule has 0 amide bonds. The molecule has 0 radical (unpaired) electrons. The summed E-state index contributed by atoms with van der Waals surface area (Å²) in [5.41, 5.74) is 8.83. The molecule has 0 atom stereocenters. The van der Waals surface area contributed by atoms with Gasteiger partial charge < -0.3 is 15.4 Å². The molecule has 2 fully saturated rings. The first-order chi connectivity index (χ1) is 11.3. The molecule has 0 aromatic carbocycles. The van der Waals surface area contributed by atoms with Gasteiger partial charge in [0, 0.05) is 44.4 Å². The molecule has 136 valence electrons. The van der Waals surface area contributed by atoms with Gasteiger partial charge in [-0.25, -0.2) is 0 Å². The minimum Gasteiger partial charge on any atom is -0.374 e. The van der Waals surface area contributed by atoms with Crippen molar-refractivity contribution in [1.82, 2.24) is 14.7 Å². The van der Waals surface area contributed by atoms with E-state index in [1.807, 2.05) is 11.7 Å². The zero-order chi connectivity index (χ0) is 17.4. The van der Waals surface area contributed by atoms with E-state index in [2.05, 4.69) is 32.0 Å². The third-order valence-electron chi connectivity index (χ3n) is 5.74. The highest BCUT2D eigenvalue weighted by Crippen LogP contribution is 2.49. The number of hydrogen-bond acceptors (Lipinski definition) is 4. The maximum Gasteiger partial charge on any atom is 0.0700 e. The fraction of sp³-hybridized carbons (Fsp3) is 0.842. The van der Waals surface area contributed by atoms with E-state index in [9.17, 15) is 0 Å². The highest BCUT2D eigenvalue weighted by Gasteiger charge is 2.46. The fourth-order valence-electron chi connectivity index (χ4n) is 4.67. The zero-order valence-corrected chi connectivity index (χ0v) is 15.8. The van der Waals surface area contributed by atoms with Gasteiger partial charge in [-0.3, -0.25) is 4.68 Å². The first kappa shape index (κ1) is 17.9. The van der Waals surface area contributed by atoms with Crippen molar-refractivity contribution >= 4 is 0 Å². The number of nitrogens with zero attached hydrogens (tertiary/aromatic N) is 3. The van der Waals surface area contributed by atoms with Crippen molar-refractivity contribution in [3.63, 3.8) is 0 Å². The minimum absolute atomic E-state index is 0.144. The van der Waals surface area contributed by atoms with Crippen molar-refractivity contribution < 1.29 is 4.74 Å². The number of hydrogen-bond donors (Lipinski definition) is 1. The lowest BCUT2D eigenvalue weighted by Gasteiger charge is -2.37. The van der Waals surface area contributed by atoms with E-state index in [1.165, 1.54) is 43.4 Å². The Morgan fingerprint density at radius 3 is 2.67 bits per heavy atom. The van der Waals surface area contributed by atoms with Gasteiger partial charge in [0.1, 0.15) is 0 Å². The second-order valence-electron chi connectivity index (χ2n) is 8.83. The summed E-state index contributed by atoms with van der Waals surface area (Å²) < 4.78 is 8.24. The average molecular weight is 335 g/mol. The third kappa shape index (κ3) is 3.84. The molecule has 1 aromatic heterocycles. The van der Waals surface area contributed by atoms with E-state index in [-0.39, 0.29) is 5.60 Å². The Morgan fingerprint density at radius 2 is 2.08 bits per heavy atom. The van der Waals surface area contributed by atoms with Gasteiger partial charge >= 0.3 is 0 Å². The number of rotatable bonds is 5. The number of ether oxygens (including phenoxy) is 1. The minimum atomic E-state index is 0.144. The van der Waals surface area contributed by atoms with Gasteiger partial charge in [-0.05, 0) is 44.6 Å². The van der Waals surface area contributed by atoms with Gasteiger partial charge in [0.25, 0.3) is 0 Å². The third-order valence-corrected chi connectivity index (χ3v) is 5.74. The molecule has 0 bridgehead atoms. The van der Waals surface area contributed by atoms with Crippen LogP contribution in [-0.4, -0.2) is 47.0 Å². The number of aromatic nitrogens is 2. The predicted octanol–water partition coefficient (Wildman–Crippen LogP) is 2.65. The molecule has 2 heterocycles. The first-order valence-electron chi connectivity index (χ1n) is 9.37. The van der Waals surface area contributed by atoms with E-state index >= 15 is 0 Å². The molecule has 1 aliphatic carbocycles. The van der Waals surface area contributed by atoms with Crippen LogP contribution in [0.1, 0.15) is 63.1 Å². The van der Waals surface area contributed by atoms with Crippen LogP contribution in [0.15, 0.2) is 6.20 Å². The fourth-order valence-corrected chi connectivity index (χ4v) is 4.67. The van der Waals surface area contributed by atoms with Crippen LogP contribution >= 0.6 is 0 Å². The normalized spacial score (nSPS) is 29.7. The molecule has 1 saturated heterocycles. The molecule has 1 spiro atoms. The molecule has 2 N–H and O–H groups in total. The van der Waals surface area contributed by atoms with E-state index in [1.54, 1.807) is 0 Å². The van der Waals surface area contributed by atoms with E-state index in [0.717, 1.165) is 19.7 Å². The topological polar surface area (TPSA) is 56.3 Å². The highest BCUT2D eigenvalue weighted by molar-refractivity contribution is 5.22. The largest absolute Gasteiger partial charge is 0.374 e. The summed E-state index contributed by atoms with van der Waals surface area (Å²) in [6.07, 6.45) is 8.13.